The van der Waals surface area contributed by atoms with Gasteiger partial charge in [-0.05, 0) is 29.7 Å². The number of thiazole rings is 1. The van der Waals surface area contributed by atoms with E-state index in [-0.39, 0.29) is 10.6 Å². The van der Waals surface area contributed by atoms with Crippen LogP contribution in [-0.4, -0.2) is 9.49 Å². The Balaban J connectivity index is 1.74. The minimum Gasteiger partial charge on any atom is -0.313 e. The summed E-state index contributed by atoms with van der Waals surface area (Å²) in [7, 11) is 0. The van der Waals surface area contributed by atoms with Crippen molar-refractivity contribution < 1.29 is 4.92 Å². The number of rotatable bonds is 4. The number of para-hydroxylation sites is 2. The molecular weight excluding hydrogens is 406 g/mol. The van der Waals surface area contributed by atoms with Gasteiger partial charge < -0.3 is 4.57 Å². The van der Waals surface area contributed by atoms with E-state index in [1.54, 1.807) is 29.5 Å². The van der Waals surface area contributed by atoms with E-state index in [1.165, 1.54) is 41.7 Å². The average Bonchev–Trinajstić information content (AvgIpc) is 3.22. The van der Waals surface area contributed by atoms with E-state index in [9.17, 15) is 10.1 Å². The second kappa shape index (κ2) is 8.47. The van der Waals surface area contributed by atoms with Gasteiger partial charge in [0, 0.05) is 23.1 Å². The van der Waals surface area contributed by atoms with Gasteiger partial charge in [0.25, 0.3) is 5.69 Å². The quantitative estimate of drug-likeness (QED) is 0.259. The van der Waals surface area contributed by atoms with E-state index in [1.807, 2.05) is 0 Å². The van der Waals surface area contributed by atoms with Crippen molar-refractivity contribution in [2.45, 2.75) is 38.1 Å². The number of hydrogen-bond acceptors (Lipinski definition) is 4. The van der Waals surface area contributed by atoms with Crippen LogP contribution < -0.4 is 4.80 Å². The van der Waals surface area contributed by atoms with Crippen molar-refractivity contribution in [2.75, 3.05) is 0 Å². The van der Waals surface area contributed by atoms with Gasteiger partial charge in [-0.15, -0.1) is 11.3 Å². The molecule has 0 radical (unpaired) electrons. The van der Waals surface area contributed by atoms with Gasteiger partial charge in [0.05, 0.1) is 10.6 Å². The minimum atomic E-state index is -0.358. The maximum atomic E-state index is 11.5. The molecule has 156 valence electrons. The van der Waals surface area contributed by atoms with Gasteiger partial charge in [0.1, 0.15) is 5.69 Å². The van der Waals surface area contributed by atoms with Crippen molar-refractivity contribution in [2.24, 2.45) is 4.99 Å². The van der Waals surface area contributed by atoms with E-state index in [4.69, 9.17) is 4.99 Å². The van der Waals surface area contributed by atoms with Crippen LogP contribution in [0, 0.1) is 10.1 Å². The third-order valence-electron chi connectivity index (χ3n) is 6.04. The second-order valence-corrected chi connectivity index (χ2v) is 8.79. The highest BCUT2D eigenvalue weighted by molar-refractivity contribution is 7.07. The summed E-state index contributed by atoms with van der Waals surface area (Å²) in [6.45, 7) is 0. The second-order valence-electron chi connectivity index (χ2n) is 7.95. The third kappa shape index (κ3) is 3.79. The first-order chi connectivity index (χ1) is 15.2. The van der Waals surface area contributed by atoms with Crippen LogP contribution in [0.4, 0.5) is 11.4 Å². The monoisotopic (exact) mass is 429 g/mol. The Hall–Kier alpha value is -3.25. The van der Waals surface area contributed by atoms with Crippen LogP contribution in [0.15, 0.2) is 77.1 Å². The molecule has 0 aliphatic heterocycles. The van der Waals surface area contributed by atoms with Gasteiger partial charge >= 0.3 is 0 Å². The minimum absolute atomic E-state index is 0.0396. The molecule has 0 amide bonds. The van der Waals surface area contributed by atoms with Crippen LogP contribution in [0.25, 0.3) is 22.0 Å². The smallest absolute Gasteiger partial charge is 0.294 e. The fourth-order valence-electron chi connectivity index (χ4n) is 4.56. The molecule has 4 aromatic rings. The number of nitro groups is 1. The summed E-state index contributed by atoms with van der Waals surface area (Å²) in [5.74, 6) is 0. The van der Waals surface area contributed by atoms with Crippen LogP contribution in [0.1, 0.15) is 38.1 Å². The molecule has 5 nitrogen and oxygen atoms in total. The van der Waals surface area contributed by atoms with Gasteiger partial charge in [0.15, 0.2) is 4.80 Å². The number of hydrogen-bond donors (Lipinski definition) is 0. The van der Waals surface area contributed by atoms with Crippen LogP contribution in [-0.2, 0) is 0 Å². The van der Waals surface area contributed by atoms with Crippen LogP contribution in [0.3, 0.4) is 0 Å². The molecule has 3 aromatic carbocycles. The molecule has 0 saturated heterocycles. The molecule has 1 aliphatic rings. The molecule has 0 N–H and O–H groups in total. The maximum Gasteiger partial charge on any atom is 0.294 e. The Morgan fingerprint density at radius 1 is 0.935 bits per heavy atom. The summed E-state index contributed by atoms with van der Waals surface area (Å²) in [4.78, 5) is 16.8. The fraction of sp³-hybridized carbons (Fsp3) is 0.240. The molecular formula is C25H23N3O2S. The SMILES string of the molecule is O=[N+]([O-])c1ccccc1N=c1scc(-c2cccc3ccccc23)n1C1CCCCC1. The molecule has 1 heterocycles. The largest absolute Gasteiger partial charge is 0.313 e. The number of nitrogens with zero attached hydrogens (tertiary/aromatic N) is 3. The lowest BCUT2D eigenvalue weighted by Crippen LogP contribution is -2.23. The molecule has 1 aliphatic carbocycles. The topological polar surface area (TPSA) is 60.4 Å². The molecule has 1 fully saturated rings. The maximum absolute atomic E-state index is 11.5. The first kappa shape index (κ1) is 19.7. The predicted octanol–water partition coefficient (Wildman–Crippen LogP) is 7.02. The van der Waals surface area contributed by atoms with E-state index in [0.717, 1.165) is 23.3 Å². The first-order valence-electron chi connectivity index (χ1n) is 10.7. The summed E-state index contributed by atoms with van der Waals surface area (Å²) < 4.78 is 2.34. The molecule has 1 saturated carbocycles. The van der Waals surface area contributed by atoms with Gasteiger partial charge in [-0.25, -0.2) is 4.99 Å². The lowest BCUT2D eigenvalue weighted by atomic mass is 9.94. The van der Waals surface area contributed by atoms with Gasteiger partial charge in [0.2, 0.25) is 0 Å². The first-order valence-corrected chi connectivity index (χ1v) is 11.6. The highest BCUT2D eigenvalue weighted by Crippen LogP contribution is 2.35. The highest BCUT2D eigenvalue weighted by atomic mass is 32.1. The molecule has 1 aromatic heterocycles. The Morgan fingerprint density at radius 2 is 1.68 bits per heavy atom. The Kier molecular flexibility index (Phi) is 5.38. The normalized spacial score (nSPS) is 15.4. The average molecular weight is 430 g/mol. The van der Waals surface area contributed by atoms with Crippen molar-refractivity contribution >= 4 is 33.5 Å². The number of nitro benzene ring substituents is 1. The van der Waals surface area contributed by atoms with Crippen molar-refractivity contribution in [3.63, 3.8) is 0 Å². The molecule has 0 atom stereocenters. The summed E-state index contributed by atoms with van der Waals surface area (Å²) in [5, 5.41) is 16.1. The highest BCUT2D eigenvalue weighted by Gasteiger charge is 2.22. The fourth-order valence-corrected chi connectivity index (χ4v) is 5.53. The standard InChI is InChI=1S/C25H23N3O2S/c29-28(30)23-16-7-6-15-22(23)26-25-27(19-11-2-1-3-12-19)24(17-31-25)21-14-8-10-18-9-4-5-13-20(18)21/h4-10,13-17,19H,1-3,11-12H2. The van der Waals surface area contributed by atoms with Gasteiger partial charge in [-0.1, -0.05) is 73.9 Å². The molecule has 0 unspecified atom stereocenters. The van der Waals surface area contributed by atoms with Crippen molar-refractivity contribution in [3.8, 4) is 11.3 Å². The van der Waals surface area contributed by atoms with E-state index < -0.39 is 0 Å². The van der Waals surface area contributed by atoms with Crippen molar-refractivity contribution in [1.82, 2.24) is 4.57 Å². The lowest BCUT2D eigenvalue weighted by molar-refractivity contribution is -0.384. The van der Waals surface area contributed by atoms with Gasteiger partial charge in [-0.3, -0.25) is 10.1 Å². The summed E-state index contributed by atoms with van der Waals surface area (Å²) in [6.07, 6.45) is 5.89. The van der Waals surface area contributed by atoms with E-state index in [0.29, 0.717) is 11.7 Å². The molecule has 6 heteroatoms. The van der Waals surface area contributed by atoms with Crippen molar-refractivity contribution in [1.29, 1.82) is 0 Å². The molecule has 0 spiro atoms. The molecule has 31 heavy (non-hydrogen) atoms. The predicted molar refractivity (Wildman–Crippen MR) is 126 cm³/mol. The van der Waals surface area contributed by atoms with Crippen molar-refractivity contribution in [3.05, 3.63) is 87.0 Å². The number of aromatic nitrogens is 1. The zero-order valence-corrected chi connectivity index (χ0v) is 17.9. The Labute approximate surface area is 184 Å². The zero-order valence-electron chi connectivity index (χ0n) is 17.1. The van der Waals surface area contributed by atoms with Crippen LogP contribution >= 0.6 is 11.3 Å². The lowest BCUT2D eigenvalue weighted by Gasteiger charge is -2.25. The number of benzene rings is 3. The Morgan fingerprint density at radius 3 is 2.52 bits per heavy atom. The van der Waals surface area contributed by atoms with E-state index in [2.05, 4.69) is 52.4 Å². The zero-order chi connectivity index (χ0) is 21.2. The summed E-state index contributed by atoms with van der Waals surface area (Å²) >= 11 is 1.56. The van der Waals surface area contributed by atoms with Crippen LogP contribution in [0.2, 0.25) is 0 Å². The van der Waals surface area contributed by atoms with Crippen LogP contribution in [0.5, 0.6) is 0 Å². The summed E-state index contributed by atoms with van der Waals surface area (Å²) in [5.41, 5.74) is 2.77. The van der Waals surface area contributed by atoms with Gasteiger partial charge in [-0.2, -0.15) is 0 Å². The summed E-state index contributed by atoms with van der Waals surface area (Å²) in [6, 6.07) is 21.9. The molecule has 0 bridgehead atoms. The Bertz CT molecular complexity index is 1310. The number of fused-ring (bicyclic) bond motifs is 1. The molecule has 5 rings (SSSR count). The van der Waals surface area contributed by atoms with E-state index >= 15 is 0 Å². The third-order valence-corrected chi connectivity index (χ3v) is 6.88.